The summed E-state index contributed by atoms with van der Waals surface area (Å²) in [5.74, 6) is 2.44. The first-order valence-electron chi connectivity index (χ1n) is 11.8. The monoisotopic (exact) mass is 538 g/mol. The van der Waals surface area contributed by atoms with E-state index < -0.39 is 6.10 Å². The van der Waals surface area contributed by atoms with Crippen LogP contribution in [0, 0.1) is 11.7 Å². The van der Waals surface area contributed by atoms with Gasteiger partial charge >= 0.3 is 0 Å². The molecule has 1 N–H and O–H groups in total. The zero-order chi connectivity index (χ0) is 24.5. The second-order valence-corrected chi connectivity index (χ2v) is 9.95. The minimum absolute atomic E-state index is 0.119. The van der Waals surface area contributed by atoms with Crippen molar-refractivity contribution in [1.82, 2.24) is 9.80 Å². The third-order valence-electron chi connectivity index (χ3n) is 6.08. The minimum atomic E-state index is -0.684. The van der Waals surface area contributed by atoms with Crippen molar-refractivity contribution in [2.75, 3.05) is 53.6 Å². The van der Waals surface area contributed by atoms with E-state index in [1.54, 1.807) is 19.2 Å². The van der Waals surface area contributed by atoms with Crippen molar-refractivity contribution < 1.29 is 23.7 Å². The van der Waals surface area contributed by atoms with Crippen LogP contribution in [0.2, 0.25) is 0 Å². The maximum absolute atomic E-state index is 13.3. The smallest absolute Gasteiger partial charge is 0.161 e. The maximum Gasteiger partial charge on any atom is 0.161 e. The lowest BCUT2D eigenvalue weighted by Crippen LogP contribution is -2.35. The molecule has 1 aliphatic rings. The number of likely N-dealkylation sites (tertiary alicyclic amines) is 1. The zero-order valence-corrected chi connectivity index (χ0v) is 21.9. The van der Waals surface area contributed by atoms with Crippen LogP contribution in [0.5, 0.6) is 17.2 Å². The number of methoxy groups -OCH3 is 1. The van der Waals surface area contributed by atoms with Crippen LogP contribution in [-0.4, -0.2) is 74.6 Å². The Kier molecular flexibility index (Phi) is 10.4. The van der Waals surface area contributed by atoms with Crippen LogP contribution in [0.15, 0.2) is 40.9 Å². The van der Waals surface area contributed by atoms with Gasteiger partial charge in [-0.1, -0.05) is 13.0 Å². The third-order valence-corrected chi connectivity index (χ3v) is 6.69. The second kappa shape index (κ2) is 13.3. The summed E-state index contributed by atoms with van der Waals surface area (Å²) in [5.41, 5.74) is 1.06. The molecule has 1 aliphatic heterocycles. The van der Waals surface area contributed by atoms with Gasteiger partial charge in [-0.25, -0.2) is 4.39 Å². The van der Waals surface area contributed by atoms with E-state index in [0.29, 0.717) is 35.7 Å². The molecule has 188 valence electrons. The zero-order valence-electron chi connectivity index (χ0n) is 20.3. The van der Waals surface area contributed by atoms with Crippen LogP contribution >= 0.6 is 15.9 Å². The Morgan fingerprint density at radius 2 is 1.91 bits per heavy atom. The number of piperidine rings is 1. The first kappa shape index (κ1) is 26.7. The first-order valence-corrected chi connectivity index (χ1v) is 12.6. The average molecular weight is 539 g/mol. The van der Waals surface area contributed by atoms with Crippen LogP contribution in [0.25, 0.3) is 0 Å². The average Bonchev–Trinajstić information content (AvgIpc) is 2.81. The fourth-order valence-electron chi connectivity index (χ4n) is 4.05. The SMILES string of the molecule is COc1cc(CN(C)CC(O)COc2ccc(F)c(Br)c2)ccc1OCCN1CCC(C)CC1. The molecule has 0 aliphatic carbocycles. The van der Waals surface area contributed by atoms with Gasteiger partial charge in [-0.15, -0.1) is 0 Å². The molecule has 0 aromatic heterocycles. The number of rotatable bonds is 12. The van der Waals surface area contributed by atoms with Gasteiger partial charge in [0.2, 0.25) is 0 Å². The number of hydrogen-bond donors (Lipinski definition) is 1. The van der Waals surface area contributed by atoms with Gasteiger partial charge in [0.15, 0.2) is 11.5 Å². The molecule has 6 nitrogen and oxygen atoms in total. The van der Waals surface area contributed by atoms with Crippen molar-refractivity contribution >= 4 is 15.9 Å². The van der Waals surface area contributed by atoms with E-state index in [0.717, 1.165) is 36.9 Å². The highest BCUT2D eigenvalue weighted by Gasteiger charge is 2.16. The highest BCUT2D eigenvalue weighted by atomic mass is 79.9. The molecule has 2 aromatic carbocycles. The molecule has 0 saturated carbocycles. The van der Waals surface area contributed by atoms with Gasteiger partial charge in [0.05, 0.1) is 11.6 Å². The van der Waals surface area contributed by atoms with Gasteiger partial charge in [-0.05, 0) is 90.7 Å². The molecule has 0 spiro atoms. The highest BCUT2D eigenvalue weighted by molar-refractivity contribution is 9.10. The van der Waals surface area contributed by atoms with Crippen molar-refractivity contribution in [1.29, 1.82) is 0 Å². The fraction of sp³-hybridized carbons (Fsp3) is 0.538. The summed E-state index contributed by atoms with van der Waals surface area (Å²) < 4.78 is 30.8. The first-order chi connectivity index (χ1) is 16.3. The third kappa shape index (κ3) is 8.41. The largest absolute Gasteiger partial charge is 0.493 e. The lowest BCUT2D eigenvalue weighted by molar-refractivity contribution is 0.0743. The standard InChI is InChI=1S/C26H36BrFN2O4/c1-19-8-10-30(11-9-19)12-13-33-25-7-4-20(14-26(25)32-3)16-29(2)17-21(31)18-34-22-5-6-24(28)23(27)15-22/h4-7,14-15,19,21,31H,8-13,16-18H2,1-3H3. The van der Waals surface area contributed by atoms with Crippen molar-refractivity contribution in [3.8, 4) is 17.2 Å². The summed E-state index contributed by atoms with van der Waals surface area (Å²) in [6.07, 6.45) is 1.84. The molecule has 0 bridgehead atoms. The number of ether oxygens (including phenoxy) is 3. The van der Waals surface area contributed by atoms with Gasteiger partial charge in [-0.2, -0.15) is 0 Å². The van der Waals surface area contributed by atoms with Crippen LogP contribution < -0.4 is 14.2 Å². The number of benzene rings is 2. The fourth-order valence-corrected chi connectivity index (χ4v) is 4.41. The van der Waals surface area contributed by atoms with Crippen LogP contribution in [-0.2, 0) is 6.54 Å². The lowest BCUT2D eigenvalue weighted by Gasteiger charge is -2.30. The number of likely N-dealkylation sites (N-methyl/N-ethyl adjacent to an activating group) is 1. The van der Waals surface area contributed by atoms with Crippen molar-refractivity contribution in [2.24, 2.45) is 5.92 Å². The molecule has 1 atom stereocenters. The number of nitrogens with zero attached hydrogens (tertiary/aromatic N) is 2. The van der Waals surface area contributed by atoms with E-state index in [-0.39, 0.29) is 12.4 Å². The molecule has 1 unspecified atom stereocenters. The Labute approximate surface area is 210 Å². The van der Waals surface area contributed by atoms with Crippen LogP contribution in [0.4, 0.5) is 4.39 Å². The molecule has 1 heterocycles. The summed E-state index contributed by atoms with van der Waals surface area (Å²) in [7, 11) is 3.59. The number of halogens is 2. The van der Waals surface area contributed by atoms with E-state index in [2.05, 4.69) is 27.8 Å². The van der Waals surface area contributed by atoms with Crippen LogP contribution in [0.3, 0.4) is 0 Å². The summed E-state index contributed by atoms with van der Waals surface area (Å²) in [6.45, 7) is 7.36. The quantitative estimate of drug-likeness (QED) is 0.427. The Bertz CT molecular complexity index is 908. The second-order valence-electron chi connectivity index (χ2n) is 9.10. The van der Waals surface area contributed by atoms with Gasteiger partial charge in [0, 0.05) is 19.6 Å². The number of aliphatic hydroxyl groups is 1. The number of aliphatic hydroxyl groups excluding tert-OH is 1. The maximum atomic E-state index is 13.3. The molecular formula is C26H36BrFN2O4. The summed E-state index contributed by atoms with van der Waals surface area (Å²) in [6, 6.07) is 10.4. The summed E-state index contributed by atoms with van der Waals surface area (Å²) >= 11 is 3.13. The predicted molar refractivity (Wildman–Crippen MR) is 135 cm³/mol. The van der Waals surface area contributed by atoms with Crippen molar-refractivity contribution in [3.05, 3.63) is 52.3 Å². The topological polar surface area (TPSA) is 54.4 Å². The molecule has 2 aromatic rings. The molecule has 1 fully saturated rings. The van der Waals surface area contributed by atoms with E-state index in [1.807, 2.05) is 30.1 Å². The Morgan fingerprint density at radius 1 is 1.15 bits per heavy atom. The van der Waals surface area contributed by atoms with Gasteiger partial charge in [-0.3, -0.25) is 9.80 Å². The Morgan fingerprint density at radius 3 is 2.62 bits per heavy atom. The van der Waals surface area contributed by atoms with E-state index >= 15 is 0 Å². The minimum Gasteiger partial charge on any atom is -0.493 e. The molecule has 1 saturated heterocycles. The summed E-state index contributed by atoms with van der Waals surface area (Å²) in [4.78, 5) is 4.47. The van der Waals surface area contributed by atoms with Crippen molar-refractivity contribution in [3.63, 3.8) is 0 Å². The van der Waals surface area contributed by atoms with E-state index in [9.17, 15) is 9.50 Å². The molecule has 8 heteroatoms. The van der Waals surface area contributed by atoms with Gasteiger partial charge in [0.1, 0.15) is 30.9 Å². The Balaban J connectivity index is 1.43. The Hall–Kier alpha value is -1.87. The number of hydrogen-bond acceptors (Lipinski definition) is 6. The summed E-state index contributed by atoms with van der Waals surface area (Å²) in [5, 5.41) is 10.3. The van der Waals surface area contributed by atoms with Crippen LogP contribution in [0.1, 0.15) is 25.3 Å². The van der Waals surface area contributed by atoms with Crippen molar-refractivity contribution in [2.45, 2.75) is 32.4 Å². The highest BCUT2D eigenvalue weighted by Crippen LogP contribution is 2.29. The lowest BCUT2D eigenvalue weighted by atomic mass is 9.99. The normalized spacial score (nSPS) is 16.0. The molecular weight excluding hydrogens is 503 g/mol. The van der Waals surface area contributed by atoms with E-state index in [4.69, 9.17) is 14.2 Å². The molecule has 0 radical (unpaired) electrons. The predicted octanol–water partition coefficient (Wildman–Crippen LogP) is 4.58. The molecule has 0 amide bonds. The van der Waals surface area contributed by atoms with E-state index in [1.165, 1.54) is 18.9 Å². The van der Waals surface area contributed by atoms with Gasteiger partial charge < -0.3 is 19.3 Å². The molecule has 34 heavy (non-hydrogen) atoms. The molecule has 3 rings (SSSR count). The van der Waals surface area contributed by atoms with Gasteiger partial charge in [0.25, 0.3) is 0 Å².